The minimum absolute atomic E-state index is 0.141. The summed E-state index contributed by atoms with van der Waals surface area (Å²) >= 11 is 0. The maximum absolute atomic E-state index is 13.5. The number of rotatable bonds is 4. The molecule has 3 heterocycles. The number of nitrogens with one attached hydrogen (secondary N) is 1. The van der Waals surface area contributed by atoms with Crippen molar-refractivity contribution in [1.29, 1.82) is 0 Å². The van der Waals surface area contributed by atoms with Gasteiger partial charge >= 0.3 is 0 Å². The topological polar surface area (TPSA) is 73.0 Å². The van der Waals surface area contributed by atoms with E-state index >= 15 is 0 Å². The molecule has 1 aromatic carbocycles. The van der Waals surface area contributed by atoms with Gasteiger partial charge in [-0.3, -0.25) is 9.48 Å². The zero-order chi connectivity index (χ0) is 18.3. The average molecular weight is 358 g/mol. The highest BCUT2D eigenvalue weighted by Gasteiger charge is 2.40. The summed E-state index contributed by atoms with van der Waals surface area (Å²) in [6.07, 6.45) is 0.849. The third kappa shape index (κ3) is 2.87. The molecule has 0 unspecified atom stereocenters. The van der Waals surface area contributed by atoms with Crippen molar-refractivity contribution in [3.05, 3.63) is 59.0 Å². The van der Waals surface area contributed by atoms with E-state index in [0.29, 0.717) is 11.5 Å². The molecule has 3 aromatic rings. The van der Waals surface area contributed by atoms with Gasteiger partial charge in [-0.05, 0) is 6.92 Å². The smallest absolute Gasteiger partial charge is 0.272 e. The Morgan fingerprint density at radius 1 is 1.35 bits per heavy atom. The van der Waals surface area contributed by atoms with Crippen LogP contribution in [0.3, 0.4) is 0 Å². The van der Waals surface area contributed by atoms with Crippen LogP contribution in [0.5, 0.6) is 0 Å². The van der Waals surface area contributed by atoms with Gasteiger partial charge in [0.1, 0.15) is 12.2 Å². The van der Waals surface area contributed by atoms with Gasteiger partial charge in [0, 0.05) is 11.1 Å². The molecule has 2 aromatic heterocycles. The van der Waals surface area contributed by atoms with Crippen molar-refractivity contribution in [2.75, 3.05) is 0 Å². The third-order valence-corrected chi connectivity index (χ3v) is 4.47. The second-order valence-corrected chi connectivity index (χ2v) is 6.33. The van der Waals surface area contributed by atoms with Gasteiger partial charge in [0.25, 0.3) is 11.8 Å². The third-order valence-electron chi connectivity index (χ3n) is 4.47. The maximum Gasteiger partial charge on any atom is 0.272 e. The molecule has 4 rings (SSSR count). The van der Waals surface area contributed by atoms with Crippen LogP contribution in [-0.2, 0) is 19.5 Å². The number of carbonyl (C=O) groups excluding carboxylic acids is 1. The Bertz CT molecular complexity index is 963. The van der Waals surface area contributed by atoms with Gasteiger partial charge in [0.15, 0.2) is 5.76 Å². The number of carbonyl (C=O) groups is 1. The van der Waals surface area contributed by atoms with Crippen LogP contribution in [0.25, 0.3) is 11.3 Å². The van der Waals surface area contributed by atoms with Crippen LogP contribution in [0.15, 0.2) is 41.1 Å². The Morgan fingerprint density at radius 2 is 2.12 bits per heavy atom. The summed E-state index contributed by atoms with van der Waals surface area (Å²) in [5.74, 6) is -2.67. The molecule has 0 saturated carbocycles. The van der Waals surface area contributed by atoms with Crippen LogP contribution in [0.2, 0.25) is 0 Å². The highest BCUT2D eigenvalue weighted by atomic mass is 19.3. The summed E-state index contributed by atoms with van der Waals surface area (Å²) in [7, 11) is 0. The van der Waals surface area contributed by atoms with Crippen molar-refractivity contribution in [2.24, 2.45) is 0 Å². The number of fused-ring (bicyclic) bond motifs is 1. The molecular weight excluding hydrogens is 342 g/mol. The van der Waals surface area contributed by atoms with E-state index in [9.17, 15) is 13.6 Å². The van der Waals surface area contributed by atoms with Crippen LogP contribution in [-0.4, -0.2) is 26.8 Å². The van der Waals surface area contributed by atoms with Gasteiger partial charge in [0.05, 0.1) is 30.4 Å². The summed E-state index contributed by atoms with van der Waals surface area (Å²) < 4.78 is 33.5. The second kappa shape index (κ2) is 6.05. The molecule has 0 saturated heterocycles. The Hall–Kier alpha value is -3.03. The van der Waals surface area contributed by atoms with Crippen LogP contribution in [0, 0.1) is 6.92 Å². The van der Waals surface area contributed by atoms with Crippen molar-refractivity contribution in [1.82, 2.24) is 20.3 Å². The minimum Gasteiger partial charge on any atom is -0.356 e. The number of nitrogens with zero attached hydrogens (tertiary/aromatic N) is 3. The quantitative estimate of drug-likeness (QED) is 0.778. The lowest BCUT2D eigenvalue weighted by molar-refractivity contribution is 0.000934. The van der Waals surface area contributed by atoms with Crippen LogP contribution < -0.4 is 5.32 Å². The van der Waals surface area contributed by atoms with Crippen LogP contribution in [0.4, 0.5) is 8.78 Å². The summed E-state index contributed by atoms with van der Waals surface area (Å²) in [5.41, 5.74) is 2.74. The molecule has 1 aliphatic heterocycles. The summed E-state index contributed by atoms with van der Waals surface area (Å²) in [4.78, 5) is 12.4. The number of alkyl halides is 2. The van der Waals surface area contributed by atoms with E-state index < -0.39 is 24.8 Å². The maximum atomic E-state index is 13.5. The molecule has 0 radical (unpaired) electrons. The van der Waals surface area contributed by atoms with E-state index in [-0.39, 0.29) is 17.8 Å². The van der Waals surface area contributed by atoms with Gasteiger partial charge in [-0.1, -0.05) is 35.5 Å². The molecule has 6 nitrogen and oxygen atoms in total. The SMILES string of the molecule is Cc1c(CNC(=O)c2cnn3c2CC(F)(F)C3)noc1-c1ccccc1. The summed E-state index contributed by atoms with van der Waals surface area (Å²) in [6, 6.07) is 9.52. The first-order valence-electron chi connectivity index (χ1n) is 8.16. The zero-order valence-electron chi connectivity index (χ0n) is 14.0. The van der Waals surface area contributed by atoms with Crippen LogP contribution >= 0.6 is 0 Å². The van der Waals surface area contributed by atoms with Gasteiger partial charge in [0.2, 0.25) is 0 Å². The summed E-state index contributed by atoms with van der Waals surface area (Å²) in [5, 5.41) is 10.6. The van der Waals surface area contributed by atoms with E-state index in [1.54, 1.807) is 0 Å². The lowest BCUT2D eigenvalue weighted by Gasteiger charge is -2.06. The van der Waals surface area contributed by atoms with Crippen molar-refractivity contribution in [3.63, 3.8) is 0 Å². The first-order chi connectivity index (χ1) is 12.4. The van der Waals surface area contributed by atoms with Crippen molar-refractivity contribution in [3.8, 4) is 11.3 Å². The number of hydrogen-bond donors (Lipinski definition) is 1. The Kier molecular flexibility index (Phi) is 3.82. The highest BCUT2D eigenvalue weighted by molar-refractivity contribution is 5.95. The van der Waals surface area contributed by atoms with Crippen molar-refractivity contribution in [2.45, 2.75) is 32.4 Å². The molecule has 0 fully saturated rings. The zero-order valence-corrected chi connectivity index (χ0v) is 14.0. The molecule has 1 N–H and O–H groups in total. The van der Waals surface area contributed by atoms with Gasteiger partial charge in [-0.15, -0.1) is 0 Å². The molecule has 1 amide bonds. The fourth-order valence-electron chi connectivity index (χ4n) is 3.09. The molecule has 0 bridgehead atoms. The molecule has 26 heavy (non-hydrogen) atoms. The molecule has 0 aliphatic carbocycles. The van der Waals surface area contributed by atoms with Gasteiger partial charge in [-0.2, -0.15) is 5.10 Å². The molecule has 1 aliphatic rings. The fraction of sp³-hybridized carbons (Fsp3) is 0.278. The Morgan fingerprint density at radius 3 is 2.88 bits per heavy atom. The molecular formula is C18H16F2N4O2. The second-order valence-electron chi connectivity index (χ2n) is 6.33. The predicted molar refractivity (Wildman–Crippen MR) is 88.7 cm³/mol. The highest BCUT2D eigenvalue weighted by Crippen LogP contribution is 2.31. The standard InChI is InChI=1S/C18H16F2N4O2/c1-11-14(23-26-16(11)12-5-3-2-4-6-12)9-21-17(25)13-8-22-24-10-18(19,20)7-15(13)24/h2-6,8H,7,9-10H2,1H3,(H,21,25). The molecule has 134 valence electrons. The van der Waals surface area contributed by atoms with E-state index in [1.165, 1.54) is 10.9 Å². The summed E-state index contributed by atoms with van der Waals surface area (Å²) in [6.45, 7) is 1.51. The van der Waals surface area contributed by atoms with Crippen LogP contribution in [0.1, 0.15) is 27.3 Å². The fourth-order valence-corrected chi connectivity index (χ4v) is 3.09. The minimum atomic E-state index is -2.86. The molecule has 8 heteroatoms. The molecule has 0 atom stereocenters. The van der Waals surface area contributed by atoms with E-state index in [2.05, 4.69) is 15.6 Å². The van der Waals surface area contributed by atoms with Crippen molar-refractivity contribution < 1.29 is 18.1 Å². The van der Waals surface area contributed by atoms with E-state index in [1.807, 2.05) is 37.3 Å². The average Bonchev–Trinajstić information content (AvgIpc) is 3.25. The van der Waals surface area contributed by atoms with Gasteiger partial charge in [-0.25, -0.2) is 8.78 Å². The van der Waals surface area contributed by atoms with E-state index in [4.69, 9.17) is 4.52 Å². The van der Waals surface area contributed by atoms with Gasteiger partial charge < -0.3 is 9.84 Å². The number of hydrogen-bond acceptors (Lipinski definition) is 4. The Labute approximate surface area is 147 Å². The van der Waals surface area contributed by atoms with E-state index in [0.717, 1.165) is 11.1 Å². The number of amides is 1. The first-order valence-corrected chi connectivity index (χ1v) is 8.16. The Balaban J connectivity index is 1.48. The number of aromatic nitrogens is 3. The monoisotopic (exact) mass is 358 g/mol. The molecule has 0 spiro atoms. The first kappa shape index (κ1) is 16.4. The number of benzene rings is 1. The normalized spacial score (nSPS) is 15.0. The largest absolute Gasteiger partial charge is 0.356 e. The lowest BCUT2D eigenvalue weighted by Crippen LogP contribution is -2.24. The number of halogens is 2. The lowest BCUT2D eigenvalue weighted by atomic mass is 10.1. The predicted octanol–water partition coefficient (Wildman–Crippen LogP) is 2.97. The van der Waals surface area contributed by atoms with Crippen molar-refractivity contribution >= 4 is 5.91 Å².